The molecule has 2 heterocycles. The summed E-state index contributed by atoms with van der Waals surface area (Å²) in [5.74, 6) is -1.19. The fourth-order valence-corrected chi connectivity index (χ4v) is 5.03. The van der Waals surface area contributed by atoms with E-state index >= 15 is 0 Å². The number of carbonyl (C=O) groups excluding carboxylic acids is 2. The predicted molar refractivity (Wildman–Crippen MR) is 146 cm³/mol. The van der Waals surface area contributed by atoms with Gasteiger partial charge in [0.25, 0.3) is 11.8 Å². The Morgan fingerprint density at radius 3 is 2.51 bits per heavy atom. The highest BCUT2D eigenvalue weighted by atomic mass is 79.9. The van der Waals surface area contributed by atoms with E-state index in [9.17, 15) is 18.4 Å². The van der Waals surface area contributed by atoms with Gasteiger partial charge in [-0.2, -0.15) is 13.9 Å². The van der Waals surface area contributed by atoms with Gasteiger partial charge in [-0.3, -0.25) is 9.59 Å². The van der Waals surface area contributed by atoms with Crippen molar-refractivity contribution in [2.75, 3.05) is 11.9 Å². The second kappa shape index (κ2) is 11.7. The van der Waals surface area contributed by atoms with Gasteiger partial charge in [0.1, 0.15) is 10.3 Å². The van der Waals surface area contributed by atoms with Gasteiger partial charge in [-0.25, -0.2) is 9.67 Å². The number of halogens is 5. The highest BCUT2D eigenvalue weighted by Gasteiger charge is 2.32. The third kappa shape index (κ3) is 6.75. The van der Waals surface area contributed by atoms with Crippen molar-refractivity contribution in [3.63, 3.8) is 0 Å². The fraction of sp³-hybridized carbons (Fsp3) is 0.0833. The lowest BCUT2D eigenvalue weighted by molar-refractivity contribution is 0.0810. The van der Waals surface area contributed by atoms with Crippen LogP contribution in [0, 0.1) is 0 Å². The van der Waals surface area contributed by atoms with Crippen LogP contribution in [0.15, 0.2) is 86.9 Å². The van der Waals surface area contributed by atoms with Gasteiger partial charge in [-0.05, 0) is 68.3 Å². The number of pyridine rings is 1. The van der Waals surface area contributed by atoms with Crippen molar-refractivity contribution in [3.8, 4) is 5.82 Å². The minimum atomic E-state index is -3.26. The maximum absolute atomic E-state index is 14.5. The summed E-state index contributed by atoms with van der Waals surface area (Å²) >= 11 is 13.1. The minimum Gasteiger partial charge on any atom is -0.345 e. The molecule has 2 aromatic carbocycles. The number of carbonyl (C=O) groups is 2. The summed E-state index contributed by atoms with van der Waals surface area (Å²) in [5.41, 5.74) is 0.157. The van der Waals surface area contributed by atoms with Crippen LogP contribution in [0.1, 0.15) is 20.8 Å². The first-order valence-corrected chi connectivity index (χ1v) is 13.3. The predicted octanol–water partition coefficient (Wildman–Crippen LogP) is 6.81. The lowest BCUT2D eigenvalue weighted by Crippen LogP contribution is -2.35. The second-order valence-corrected chi connectivity index (χ2v) is 10.8. The van der Waals surface area contributed by atoms with Crippen LogP contribution < -0.4 is 10.6 Å². The highest BCUT2D eigenvalue weighted by Crippen LogP contribution is 2.35. The Kier molecular flexibility index (Phi) is 8.63. The molecule has 0 aliphatic heterocycles. The molecule has 4 rings (SSSR count). The van der Waals surface area contributed by atoms with Crippen molar-refractivity contribution in [1.29, 1.82) is 0 Å². The molecular formula is C24H16Br2ClF2N5O2S. The van der Waals surface area contributed by atoms with E-state index in [0.29, 0.717) is 25.7 Å². The molecule has 2 N–H and O–H groups in total. The quantitative estimate of drug-likeness (QED) is 0.201. The van der Waals surface area contributed by atoms with E-state index in [1.165, 1.54) is 23.0 Å². The third-order valence-corrected chi connectivity index (χ3v) is 7.11. The van der Waals surface area contributed by atoms with E-state index in [2.05, 4.69) is 52.6 Å². The number of hydrogen-bond donors (Lipinski definition) is 2. The van der Waals surface area contributed by atoms with Crippen LogP contribution in [0.25, 0.3) is 5.82 Å². The standard InChI is InChI=1S/C24H16Br2ClF2N5O2S/c25-16-9-4-8-15(22(35)31-13-24(28,29)37-14-6-2-1-3-7-14)20(16)32-23(36)18-12-19(26)33-34(18)21-17(27)10-5-11-30-21/h1-12H,13H2,(H,31,35)(H,32,36). The van der Waals surface area contributed by atoms with Crippen molar-refractivity contribution >= 4 is 72.7 Å². The van der Waals surface area contributed by atoms with E-state index in [-0.39, 0.29) is 27.8 Å². The Hall–Kier alpha value is -2.80. The van der Waals surface area contributed by atoms with Crippen LogP contribution in [-0.2, 0) is 0 Å². The van der Waals surface area contributed by atoms with E-state index in [1.54, 1.807) is 54.6 Å². The van der Waals surface area contributed by atoms with Crippen molar-refractivity contribution < 1.29 is 18.4 Å². The monoisotopic (exact) mass is 669 g/mol. The van der Waals surface area contributed by atoms with Gasteiger partial charge in [-0.15, -0.1) is 0 Å². The van der Waals surface area contributed by atoms with E-state index in [0.717, 1.165) is 0 Å². The number of nitrogens with zero attached hydrogens (tertiary/aromatic N) is 3. The summed E-state index contributed by atoms with van der Waals surface area (Å²) in [4.78, 5) is 30.7. The summed E-state index contributed by atoms with van der Waals surface area (Å²) < 4.78 is 30.9. The molecule has 0 bridgehead atoms. The topological polar surface area (TPSA) is 88.9 Å². The Labute approximate surface area is 236 Å². The van der Waals surface area contributed by atoms with Gasteiger partial charge in [-0.1, -0.05) is 47.6 Å². The smallest absolute Gasteiger partial charge is 0.315 e. The number of amides is 2. The molecule has 0 aliphatic rings. The zero-order valence-corrected chi connectivity index (χ0v) is 23.3. The number of para-hydroxylation sites is 1. The molecule has 37 heavy (non-hydrogen) atoms. The Morgan fingerprint density at radius 1 is 1.03 bits per heavy atom. The first-order valence-electron chi connectivity index (χ1n) is 10.5. The lowest BCUT2D eigenvalue weighted by atomic mass is 10.1. The lowest BCUT2D eigenvalue weighted by Gasteiger charge is -2.18. The first-order chi connectivity index (χ1) is 17.6. The van der Waals surface area contributed by atoms with Crippen molar-refractivity contribution in [1.82, 2.24) is 20.1 Å². The largest absolute Gasteiger partial charge is 0.345 e. The molecule has 0 aliphatic carbocycles. The van der Waals surface area contributed by atoms with Crippen LogP contribution in [0.2, 0.25) is 5.02 Å². The SMILES string of the molecule is O=C(NCC(F)(F)Sc1ccccc1)c1cccc(Br)c1NC(=O)c1cc(Br)nn1-c1ncccc1Cl. The highest BCUT2D eigenvalue weighted by molar-refractivity contribution is 9.10. The number of anilines is 1. The Balaban J connectivity index is 1.54. The summed E-state index contributed by atoms with van der Waals surface area (Å²) in [6.45, 7) is -0.914. The zero-order chi connectivity index (χ0) is 26.6. The fourth-order valence-electron chi connectivity index (χ4n) is 3.20. The summed E-state index contributed by atoms with van der Waals surface area (Å²) in [5, 5.41) is 6.15. The Morgan fingerprint density at radius 2 is 1.78 bits per heavy atom. The molecule has 2 aromatic heterocycles. The van der Waals surface area contributed by atoms with Gasteiger partial charge in [0, 0.05) is 21.6 Å². The van der Waals surface area contributed by atoms with Crippen molar-refractivity contribution in [2.24, 2.45) is 0 Å². The third-order valence-electron chi connectivity index (χ3n) is 4.81. The molecule has 2 amide bonds. The number of aromatic nitrogens is 3. The number of rotatable bonds is 8. The average Bonchev–Trinajstić information content (AvgIpc) is 3.26. The molecule has 7 nitrogen and oxygen atoms in total. The van der Waals surface area contributed by atoms with E-state index in [4.69, 9.17) is 11.6 Å². The van der Waals surface area contributed by atoms with Gasteiger partial charge >= 0.3 is 5.25 Å². The van der Waals surface area contributed by atoms with Crippen LogP contribution in [0.3, 0.4) is 0 Å². The van der Waals surface area contributed by atoms with Gasteiger partial charge in [0.05, 0.1) is 22.8 Å². The number of thioether (sulfide) groups is 1. The molecule has 190 valence electrons. The van der Waals surface area contributed by atoms with Gasteiger partial charge in [0.15, 0.2) is 5.82 Å². The number of alkyl halides is 2. The van der Waals surface area contributed by atoms with E-state index < -0.39 is 23.6 Å². The average molecular weight is 672 g/mol. The van der Waals surface area contributed by atoms with Crippen LogP contribution in [-0.4, -0.2) is 38.4 Å². The van der Waals surface area contributed by atoms with Gasteiger partial charge in [0.2, 0.25) is 0 Å². The number of hydrogen-bond acceptors (Lipinski definition) is 5. The molecule has 4 aromatic rings. The zero-order valence-electron chi connectivity index (χ0n) is 18.6. The van der Waals surface area contributed by atoms with Crippen molar-refractivity contribution in [2.45, 2.75) is 10.2 Å². The summed E-state index contributed by atoms with van der Waals surface area (Å²) in [6.07, 6.45) is 1.50. The molecule has 0 saturated heterocycles. The molecule has 0 atom stereocenters. The first kappa shape index (κ1) is 27.2. The maximum Gasteiger partial charge on any atom is 0.315 e. The summed E-state index contributed by atoms with van der Waals surface area (Å²) in [7, 11) is 0. The van der Waals surface area contributed by atoms with Crippen LogP contribution >= 0.6 is 55.2 Å². The molecule has 0 unspecified atom stereocenters. The van der Waals surface area contributed by atoms with Gasteiger partial charge < -0.3 is 10.6 Å². The maximum atomic E-state index is 14.5. The minimum absolute atomic E-state index is 0.00997. The van der Waals surface area contributed by atoms with E-state index in [1.807, 2.05) is 0 Å². The van der Waals surface area contributed by atoms with Crippen LogP contribution in [0.5, 0.6) is 0 Å². The number of nitrogens with one attached hydrogen (secondary N) is 2. The molecule has 0 spiro atoms. The summed E-state index contributed by atoms with van der Waals surface area (Å²) in [6, 6.07) is 17.4. The molecule has 0 saturated carbocycles. The molecule has 0 radical (unpaired) electrons. The Bertz CT molecular complexity index is 1460. The number of benzene rings is 2. The molecule has 13 heteroatoms. The second-order valence-electron chi connectivity index (χ2n) is 7.42. The molecule has 0 fully saturated rings. The van der Waals surface area contributed by atoms with Crippen molar-refractivity contribution in [3.05, 3.63) is 98.3 Å². The van der Waals surface area contributed by atoms with Crippen LogP contribution in [0.4, 0.5) is 14.5 Å². The normalized spacial score (nSPS) is 11.3. The molecular weight excluding hydrogens is 656 g/mol.